The Hall–Kier alpha value is -1.16. The molecule has 0 saturated heterocycles. The molecule has 0 aromatic carbocycles. The van der Waals surface area contributed by atoms with Crippen molar-refractivity contribution in [1.29, 1.82) is 0 Å². The van der Waals surface area contributed by atoms with Gasteiger partial charge in [-0.05, 0) is 45.7 Å². The van der Waals surface area contributed by atoms with E-state index in [1.54, 1.807) is 4.57 Å². The molecule has 0 aliphatic carbocycles. The minimum Gasteiger partial charge on any atom is -0.314 e. The molecule has 0 fully saturated rings. The molecule has 18 heavy (non-hydrogen) atoms. The average molecular weight is 251 g/mol. The molecule has 0 saturated carbocycles. The first-order chi connectivity index (χ1) is 8.58. The fourth-order valence-corrected chi connectivity index (χ4v) is 2.28. The third-order valence-corrected chi connectivity index (χ3v) is 3.27. The Morgan fingerprint density at radius 1 is 1.39 bits per heavy atom. The smallest absolute Gasteiger partial charge is 0.314 e. The lowest BCUT2D eigenvalue weighted by Crippen LogP contribution is -2.30. The molecular formula is C14H25N3O. The molecule has 0 radical (unpaired) electrons. The average Bonchev–Trinajstić information content (AvgIpc) is 2.31. The van der Waals surface area contributed by atoms with Crippen LogP contribution in [0.1, 0.15) is 44.5 Å². The Labute approximate surface area is 109 Å². The highest BCUT2D eigenvalue weighted by Gasteiger charge is 2.06. The molecule has 0 amide bonds. The fourth-order valence-electron chi connectivity index (χ4n) is 2.28. The van der Waals surface area contributed by atoms with E-state index in [1.165, 1.54) is 0 Å². The van der Waals surface area contributed by atoms with E-state index in [0.717, 1.165) is 43.7 Å². The first-order valence-electron chi connectivity index (χ1n) is 6.87. The van der Waals surface area contributed by atoms with Crippen LogP contribution in [-0.2, 0) is 6.54 Å². The summed E-state index contributed by atoms with van der Waals surface area (Å²) in [6.07, 6.45) is 3.24. The van der Waals surface area contributed by atoms with Crippen molar-refractivity contribution >= 4 is 0 Å². The lowest BCUT2D eigenvalue weighted by molar-refractivity contribution is 0.442. The Morgan fingerprint density at radius 3 is 2.67 bits per heavy atom. The van der Waals surface area contributed by atoms with Crippen molar-refractivity contribution < 1.29 is 0 Å². The van der Waals surface area contributed by atoms with E-state index in [0.29, 0.717) is 6.04 Å². The zero-order chi connectivity index (χ0) is 13.5. The SMILES string of the molecule is CCNC(CC)CCCn1c(C)cc(C)nc1=O. The van der Waals surface area contributed by atoms with Crippen molar-refractivity contribution in [3.05, 3.63) is 27.9 Å². The predicted octanol–water partition coefficient (Wildman–Crippen LogP) is 2.03. The zero-order valence-electron chi connectivity index (χ0n) is 12.0. The maximum atomic E-state index is 11.8. The van der Waals surface area contributed by atoms with Crippen LogP contribution in [0.4, 0.5) is 0 Å². The van der Waals surface area contributed by atoms with Gasteiger partial charge in [0.1, 0.15) is 0 Å². The molecule has 1 heterocycles. The normalized spacial score (nSPS) is 12.7. The van der Waals surface area contributed by atoms with E-state index in [1.807, 2.05) is 19.9 Å². The van der Waals surface area contributed by atoms with Crippen molar-refractivity contribution in [2.75, 3.05) is 6.54 Å². The molecule has 0 spiro atoms. The van der Waals surface area contributed by atoms with E-state index in [2.05, 4.69) is 24.1 Å². The summed E-state index contributed by atoms with van der Waals surface area (Å²) in [5.41, 5.74) is 1.68. The Bertz CT molecular complexity index is 426. The minimum absolute atomic E-state index is 0.121. The largest absolute Gasteiger partial charge is 0.347 e. The lowest BCUT2D eigenvalue weighted by Gasteiger charge is -2.16. The van der Waals surface area contributed by atoms with Gasteiger partial charge in [-0.1, -0.05) is 13.8 Å². The monoisotopic (exact) mass is 251 g/mol. The van der Waals surface area contributed by atoms with E-state index < -0.39 is 0 Å². The summed E-state index contributed by atoms with van der Waals surface area (Å²) in [7, 11) is 0. The third kappa shape index (κ3) is 4.26. The molecule has 1 N–H and O–H groups in total. The summed E-state index contributed by atoms with van der Waals surface area (Å²) in [6, 6.07) is 2.52. The first kappa shape index (κ1) is 14.9. The van der Waals surface area contributed by atoms with Gasteiger partial charge >= 0.3 is 5.69 Å². The molecular weight excluding hydrogens is 226 g/mol. The highest BCUT2D eigenvalue weighted by atomic mass is 16.1. The van der Waals surface area contributed by atoms with Crippen LogP contribution in [0, 0.1) is 13.8 Å². The molecule has 4 nitrogen and oxygen atoms in total. The van der Waals surface area contributed by atoms with Gasteiger partial charge in [-0.15, -0.1) is 0 Å². The molecule has 0 aliphatic rings. The molecule has 0 aliphatic heterocycles. The molecule has 1 unspecified atom stereocenters. The number of nitrogens with zero attached hydrogens (tertiary/aromatic N) is 2. The van der Waals surface area contributed by atoms with Crippen LogP contribution in [0.2, 0.25) is 0 Å². The molecule has 4 heteroatoms. The van der Waals surface area contributed by atoms with Gasteiger partial charge in [0.15, 0.2) is 0 Å². The predicted molar refractivity (Wildman–Crippen MR) is 75.0 cm³/mol. The first-order valence-corrected chi connectivity index (χ1v) is 6.87. The second kappa shape index (κ2) is 7.31. The Morgan fingerprint density at radius 2 is 2.11 bits per heavy atom. The van der Waals surface area contributed by atoms with Crippen molar-refractivity contribution in [1.82, 2.24) is 14.9 Å². The summed E-state index contributed by atoms with van der Waals surface area (Å²) < 4.78 is 1.77. The summed E-state index contributed by atoms with van der Waals surface area (Å²) >= 11 is 0. The summed E-state index contributed by atoms with van der Waals surface area (Å²) in [6.45, 7) is 9.91. The number of aromatic nitrogens is 2. The van der Waals surface area contributed by atoms with Crippen LogP contribution in [-0.4, -0.2) is 22.1 Å². The number of hydrogen-bond acceptors (Lipinski definition) is 3. The number of nitrogens with one attached hydrogen (secondary N) is 1. The zero-order valence-corrected chi connectivity index (χ0v) is 12.0. The van der Waals surface area contributed by atoms with Gasteiger partial charge in [-0.2, -0.15) is 4.98 Å². The van der Waals surface area contributed by atoms with Crippen LogP contribution in [0.15, 0.2) is 10.9 Å². The van der Waals surface area contributed by atoms with Gasteiger partial charge in [0.25, 0.3) is 0 Å². The fraction of sp³-hybridized carbons (Fsp3) is 0.714. The number of rotatable bonds is 7. The molecule has 1 aromatic rings. The molecule has 1 rings (SSSR count). The van der Waals surface area contributed by atoms with Crippen LogP contribution in [0.3, 0.4) is 0 Å². The van der Waals surface area contributed by atoms with Gasteiger partial charge in [0, 0.05) is 24.0 Å². The van der Waals surface area contributed by atoms with Crippen LogP contribution >= 0.6 is 0 Å². The molecule has 1 atom stereocenters. The summed E-state index contributed by atoms with van der Waals surface area (Å²) in [5.74, 6) is 0. The van der Waals surface area contributed by atoms with Crippen molar-refractivity contribution in [2.24, 2.45) is 0 Å². The van der Waals surface area contributed by atoms with E-state index in [-0.39, 0.29) is 5.69 Å². The second-order valence-corrected chi connectivity index (χ2v) is 4.78. The maximum Gasteiger partial charge on any atom is 0.347 e. The van der Waals surface area contributed by atoms with Gasteiger partial charge in [0.2, 0.25) is 0 Å². The number of aryl methyl sites for hydroxylation is 2. The van der Waals surface area contributed by atoms with Crippen molar-refractivity contribution in [3.63, 3.8) is 0 Å². The minimum atomic E-state index is -0.121. The lowest BCUT2D eigenvalue weighted by atomic mass is 10.1. The van der Waals surface area contributed by atoms with Gasteiger partial charge < -0.3 is 5.32 Å². The van der Waals surface area contributed by atoms with Crippen LogP contribution in [0.25, 0.3) is 0 Å². The second-order valence-electron chi connectivity index (χ2n) is 4.78. The Balaban J connectivity index is 2.56. The maximum absolute atomic E-state index is 11.8. The number of hydrogen-bond donors (Lipinski definition) is 1. The molecule has 0 bridgehead atoms. The molecule has 1 aromatic heterocycles. The van der Waals surface area contributed by atoms with E-state index in [9.17, 15) is 4.79 Å². The quantitative estimate of drug-likeness (QED) is 0.806. The van der Waals surface area contributed by atoms with Gasteiger partial charge in [0.05, 0.1) is 0 Å². The third-order valence-electron chi connectivity index (χ3n) is 3.27. The van der Waals surface area contributed by atoms with Crippen molar-refractivity contribution in [2.45, 2.75) is 59.5 Å². The van der Waals surface area contributed by atoms with Gasteiger partial charge in [-0.25, -0.2) is 4.79 Å². The molecule has 102 valence electrons. The topological polar surface area (TPSA) is 46.9 Å². The van der Waals surface area contributed by atoms with E-state index in [4.69, 9.17) is 0 Å². The van der Waals surface area contributed by atoms with Crippen LogP contribution in [0.5, 0.6) is 0 Å². The summed E-state index contributed by atoms with van der Waals surface area (Å²) in [5, 5.41) is 3.45. The van der Waals surface area contributed by atoms with E-state index >= 15 is 0 Å². The summed E-state index contributed by atoms with van der Waals surface area (Å²) in [4.78, 5) is 15.7. The highest BCUT2D eigenvalue weighted by Crippen LogP contribution is 2.04. The Kier molecular flexibility index (Phi) is 6.05. The van der Waals surface area contributed by atoms with Crippen LogP contribution < -0.4 is 11.0 Å². The van der Waals surface area contributed by atoms with Crippen molar-refractivity contribution in [3.8, 4) is 0 Å². The highest BCUT2D eigenvalue weighted by molar-refractivity contribution is 5.06. The van der Waals surface area contributed by atoms with Gasteiger partial charge in [-0.3, -0.25) is 4.57 Å². The standard InChI is InChI=1S/C14H25N3O/c1-5-13(15-6-2)8-7-9-17-12(4)10-11(3)16-14(17)18/h10,13,15H,5-9H2,1-4H3.